The zero-order valence-corrected chi connectivity index (χ0v) is 14.0. The maximum absolute atomic E-state index is 12.1. The van der Waals surface area contributed by atoms with Crippen molar-refractivity contribution in [3.8, 4) is 18.1 Å². The summed E-state index contributed by atoms with van der Waals surface area (Å²) in [6, 6.07) is 4.63. The molecule has 1 aliphatic rings. The second-order valence-corrected chi connectivity index (χ2v) is 5.75. The second kappa shape index (κ2) is 7.09. The molecule has 0 aromatic heterocycles. The first kappa shape index (κ1) is 17.4. The van der Waals surface area contributed by atoms with E-state index in [9.17, 15) is 14.7 Å². The number of allylic oxidation sites excluding steroid dienone is 2. The lowest BCUT2D eigenvalue weighted by Gasteiger charge is -2.27. The number of aromatic hydroxyl groups is 1. The van der Waals surface area contributed by atoms with Gasteiger partial charge in [0.1, 0.15) is 5.70 Å². The van der Waals surface area contributed by atoms with E-state index in [-0.39, 0.29) is 35.5 Å². The van der Waals surface area contributed by atoms with Crippen molar-refractivity contribution in [2.45, 2.75) is 25.8 Å². The minimum absolute atomic E-state index is 0.0758. The van der Waals surface area contributed by atoms with Gasteiger partial charge >= 0.3 is 0 Å². The molecule has 0 saturated carbocycles. The Morgan fingerprint density at radius 2 is 2.17 bits per heavy atom. The molecule has 0 heterocycles. The van der Waals surface area contributed by atoms with Gasteiger partial charge in [-0.15, -0.1) is 6.42 Å². The molecular formula is C18H21N3O3. The molecule has 0 aliphatic heterocycles. The Labute approximate surface area is 141 Å². The number of para-hydroxylation sites is 1. The number of benzene rings is 1. The summed E-state index contributed by atoms with van der Waals surface area (Å²) in [7, 11) is 3.21. The maximum atomic E-state index is 12.1. The summed E-state index contributed by atoms with van der Waals surface area (Å²) in [6.07, 6.45) is 6.44. The summed E-state index contributed by atoms with van der Waals surface area (Å²) in [5.41, 5.74) is 1.56. The molecule has 0 radical (unpaired) electrons. The molecule has 1 atom stereocenters. The molecule has 1 unspecified atom stereocenters. The van der Waals surface area contributed by atoms with E-state index < -0.39 is 0 Å². The van der Waals surface area contributed by atoms with E-state index in [4.69, 9.17) is 6.42 Å². The van der Waals surface area contributed by atoms with E-state index in [1.807, 2.05) is 6.92 Å². The Morgan fingerprint density at radius 1 is 1.46 bits per heavy atom. The normalized spacial score (nSPS) is 14.5. The molecule has 1 aromatic rings. The summed E-state index contributed by atoms with van der Waals surface area (Å²) in [5.74, 6) is 2.03. The van der Waals surface area contributed by atoms with Gasteiger partial charge < -0.3 is 20.6 Å². The zero-order chi connectivity index (χ0) is 17.9. The average Bonchev–Trinajstić information content (AvgIpc) is 2.56. The maximum Gasteiger partial charge on any atom is 0.257 e. The number of anilines is 1. The molecule has 1 amide bonds. The van der Waals surface area contributed by atoms with Crippen LogP contribution in [0.25, 0.3) is 0 Å². The van der Waals surface area contributed by atoms with Crippen LogP contribution in [-0.2, 0) is 4.79 Å². The van der Waals surface area contributed by atoms with Crippen molar-refractivity contribution in [2.75, 3.05) is 19.4 Å². The SMILES string of the molecule is C#CC(CC)NC1=C(Nc2cccc(C(=O)N(C)C)c2O)C(=O)C1. The molecule has 2 rings (SSSR count). The van der Waals surface area contributed by atoms with Crippen LogP contribution in [0.4, 0.5) is 5.69 Å². The number of nitrogens with zero attached hydrogens (tertiary/aromatic N) is 1. The molecule has 6 heteroatoms. The van der Waals surface area contributed by atoms with Crippen LogP contribution < -0.4 is 10.6 Å². The van der Waals surface area contributed by atoms with E-state index >= 15 is 0 Å². The van der Waals surface area contributed by atoms with Gasteiger partial charge in [0, 0.05) is 19.8 Å². The fourth-order valence-electron chi connectivity index (χ4n) is 2.33. The van der Waals surface area contributed by atoms with Crippen molar-refractivity contribution in [1.82, 2.24) is 10.2 Å². The van der Waals surface area contributed by atoms with Gasteiger partial charge in [-0.2, -0.15) is 0 Å². The van der Waals surface area contributed by atoms with E-state index in [1.165, 1.54) is 11.0 Å². The van der Waals surface area contributed by atoms with Crippen molar-refractivity contribution >= 4 is 17.4 Å². The van der Waals surface area contributed by atoms with Gasteiger partial charge in [0.2, 0.25) is 0 Å². The zero-order valence-electron chi connectivity index (χ0n) is 14.0. The van der Waals surface area contributed by atoms with Gasteiger partial charge in [-0.05, 0) is 18.6 Å². The Bertz CT molecular complexity index is 744. The Kier molecular flexibility index (Phi) is 5.14. The predicted octanol–water partition coefficient (Wildman–Crippen LogP) is 1.69. The fraction of sp³-hybridized carbons (Fsp3) is 0.333. The van der Waals surface area contributed by atoms with E-state index in [0.29, 0.717) is 17.1 Å². The first-order chi connectivity index (χ1) is 11.4. The van der Waals surface area contributed by atoms with Gasteiger partial charge in [0.25, 0.3) is 5.91 Å². The number of ketones is 1. The summed E-state index contributed by atoms with van der Waals surface area (Å²) >= 11 is 0. The molecule has 6 nitrogen and oxygen atoms in total. The molecule has 1 aliphatic carbocycles. The van der Waals surface area contributed by atoms with Crippen molar-refractivity contribution < 1.29 is 14.7 Å². The second-order valence-electron chi connectivity index (χ2n) is 5.75. The minimum atomic E-state index is -0.318. The summed E-state index contributed by atoms with van der Waals surface area (Å²) < 4.78 is 0. The van der Waals surface area contributed by atoms with E-state index in [2.05, 4.69) is 16.6 Å². The molecule has 1 aromatic carbocycles. The Hall–Kier alpha value is -2.94. The predicted molar refractivity (Wildman–Crippen MR) is 92.4 cm³/mol. The Morgan fingerprint density at radius 3 is 2.71 bits per heavy atom. The highest BCUT2D eigenvalue weighted by Crippen LogP contribution is 2.32. The third-order valence-corrected chi connectivity index (χ3v) is 3.81. The number of phenols is 1. The quantitative estimate of drug-likeness (QED) is 0.547. The van der Waals surface area contributed by atoms with Crippen molar-refractivity contribution in [3.05, 3.63) is 35.2 Å². The summed E-state index contributed by atoms with van der Waals surface area (Å²) in [5, 5.41) is 16.4. The Balaban J connectivity index is 2.28. The lowest BCUT2D eigenvalue weighted by Crippen LogP contribution is -2.37. The van der Waals surface area contributed by atoms with Crippen LogP contribution in [0.2, 0.25) is 0 Å². The largest absolute Gasteiger partial charge is 0.505 e. The first-order valence-electron chi connectivity index (χ1n) is 7.68. The van der Waals surface area contributed by atoms with Crippen LogP contribution in [0.15, 0.2) is 29.6 Å². The van der Waals surface area contributed by atoms with Crippen LogP contribution in [0.5, 0.6) is 5.75 Å². The highest BCUT2D eigenvalue weighted by molar-refractivity contribution is 6.07. The number of amides is 1. The number of hydrogen-bond acceptors (Lipinski definition) is 5. The van der Waals surface area contributed by atoms with Crippen LogP contribution in [0, 0.1) is 12.3 Å². The summed E-state index contributed by atoms with van der Waals surface area (Å²) in [4.78, 5) is 25.3. The first-order valence-corrected chi connectivity index (χ1v) is 7.68. The highest BCUT2D eigenvalue weighted by atomic mass is 16.3. The number of nitrogens with one attached hydrogen (secondary N) is 2. The van der Waals surface area contributed by atoms with Crippen molar-refractivity contribution in [3.63, 3.8) is 0 Å². The average molecular weight is 327 g/mol. The van der Waals surface area contributed by atoms with Crippen molar-refractivity contribution in [1.29, 1.82) is 0 Å². The van der Waals surface area contributed by atoms with Crippen LogP contribution in [0.3, 0.4) is 0 Å². The molecular weight excluding hydrogens is 306 g/mol. The van der Waals surface area contributed by atoms with E-state index in [0.717, 1.165) is 6.42 Å². The molecule has 0 bridgehead atoms. The number of terminal acetylenes is 1. The minimum Gasteiger partial charge on any atom is -0.505 e. The summed E-state index contributed by atoms with van der Waals surface area (Å²) in [6.45, 7) is 1.95. The van der Waals surface area contributed by atoms with Crippen LogP contribution in [-0.4, -0.2) is 41.8 Å². The number of carbonyl (C=O) groups excluding carboxylic acids is 2. The van der Waals surface area contributed by atoms with Crippen molar-refractivity contribution in [2.24, 2.45) is 0 Å². The van der Waals surface area contributed by atoms with Gasteiger partial charge in [-0.25, -0.2) is 0 Å². The lowest BCUT2D eigenvalue weighted by atomic mass is 9.97. The number of hydrogen-bond donors (Lipinski definition) is 3. The molecule has 0 saturated heterocycles. The van der Waals surface area contributed by atoms with Gasteiger partial charge in [0.15, 0.2) is 11.5 Å². The smallest absolute Gasteiger partial charge is 0.257 e. The van der Waals surface area contributed by atoms with Crippen LogP contribution in [0.1, 0.15) is 30.1 Å². The van der Waals surface area contributed by atoms with Gasteiger partial charge in [0.05, 0.1) is 23.7 Å². The van der Waals surface area contributed by atoms with Crippen LogP contribution >= 0.6 is 0 Å². The third-order valence-electron chi connectivity index (χ3n) is 3.81. The van der Waals surface area contributed by atoms with E-state index in [1.54, 1.807) is 26.2 Å². The molecule has 126 valence electrons. The number of Topliss-reactive ketones (excluding diaryl/α,β-unsaturated/α-hetero) is 1. The molecule has 0 spiro atoms. The monoisotopic (exact) mass is 327 g/mol. The fourth-order valence-corrected chi connectivity index (χ4v) is 2.33. The number of rotatable bonds is 6. The topological polar surface area (TPSA) is 81.7 Å². The standard InChI is InChI=1S/C18H21N3O3/c1-5-11(6-2)19-14-10-15(22)16(14)20-13-9-7-8-12(17(13)23)18(24)21(3)4/h1,7-9,11,19-20,23H,6,10H2,2-4H3. The molecule has 0 fully saturated rings. The lowest BCUT2D eigenvalue weighted by molar-refractivity contribution is -0.116. The van der Waals surface area contributed by atoms with Gasteiger partial charge in [-0.3, -0.25) is 9.59 Å². The molecule has 24 heavy (non-hydrogen) atoms. The number of carbonyl (C=O) groups is 2. The molecule has 3 N–H and O–H groups in total. The highest BCUT2D eigenvalue weighted by Gasteiger charge is 2.29. The van der Waals surface area contributed by atoms with Gasteiger partial charge in [-0.1, -0.05) is 18.9 Å². The third kappa shape index (κ3) is 3.35. The number of phenolic OH excluding ortho intramolecular Hbond substituents is 1.